The molecular weight excluding hydrogens is 268 g/mol. The van der Waals surface area contributed by atoms with Crippen LogP contribution in [0.5, 0.6) is 0 Å². The van der Waals surface area contributed by atoms with Crippen LogP contribution in [0.1, 0.15) is 6.92 Å². The van der Waals surface area contributed by atoms with E-state index in [9.17, 15) is 0 Å². The van der Waals surface area contributed by atoms with Crippen LogP contribution in [-0.2, 0) is 4.74 Å². The number of thiophene rings is 1. The summed E-state index contributed by atoms with van der Waals surface area (Å²) in [6.07, 6.45) is 2.16. The summed E-state index contributed by atoms with van der Waals surface area (Å²) in [4.78, 5) is 6.83. The third-order valence-electron chi connectivity index (χ3n) is 3.16. The molecule has 3 heterocycles. The maximum Gasteiger partial charge on any atom is 0.137 e. The number of anilines is 1. The van der Waals surface area contributed by atoms with Crippen molar-refractivity contribution in [2.75, 3.05) is 23.9 Å². The number of fused-ring (bicyclic) bond motifs is 1. The second-order valence-corrected chi connectivity index (χ2v) is 5.85. The van der Waals surface area contributed by atoms with Gasteiger partial charge in [-0.05, 0) is 24.4 Å². The molecule has 1 saturated heterocycles. The zero-order valence-corrected chi connectivity index (χ0v) is 11.7. The number of ether oxygens (including phenoxy) is 1. The van der Waals surface area contributed by atoms with Gasteiger partial charge in [0.05, 0.1) is 18.1 Å². The number of aromatic nitrogens is 1. The molecule has 2 unspecified atom stereocenters. The minimum absolute atomic E-state index is 0.0890. The molecule has 0 aliphatic carbocycles. The molecule has 3 rings (SSSR count). The number of alkyl halides is 1. The standard InChI is InChI=1S/C13H15ClN2OS/c1-9-7-16(8-10(6-14)17-9)13-11-3-5-18-12(11)2-4-15-13/h2-5,9-10H,6-8H2,1H3. The summed E-state index contributed by atoms with van der Waals surface area (Å²) in [5.74, 6) is 1.58. The molecule has 0 spiro atoms. The van der Waals surface area contributed by atoms with Gasteiger partial charge in [-0.3, -0.25) is 0 Å². The highest BCUT2D eigenvalue weighted by atomic mass is 35.5. The first-order chi connectivity index (χ1) is 8.78. The molecule has 96 valence electrons. The van der Waals surface area contributed by atoms with Gasteiger partial charge >= 0.3 is 0 Å². The van der Waals surface area contributed by atoms with E-state index in [1.807, 2.05) is 6.20 Å². The summed E-state index contributed by atoms with van der Waals surface area (Å²) in [5, 5.41) is 3.34. The predicted molar refractivity (Wildman–Crippen MR) is 76.9 cm³/mol. The van der Waals surface area contributed by atoms with Crippen LogP contribution in [0.3, 0.4) is 0 Å². The van der Waals surface area contributed by atoms with Crippen LogP contribution < -0.4 is 4.90 Å². The van der Waals surface area contributed by atoms with E-state index in [2.05, 4.69) is 34.3 Å². The number of nitrogens with zero attached hydrogens (tertiary/aromatic N) is 2. The van der Waals surface area contributed by atoms with Crippen molar-refractivity contribution in [3.63, 3.8) is 0 Å². The van der Waals surface area contributed by atoms with Crippen molar-refractivity contribution in [1.82, 2.24) is 4.98 Å². The van der Waals surface area contributed by atoms with Gasteiger partial charge in [0.2, 0.25) is 0 Å². The molecule has 0 bridgehead atoms. The lowest BCUT2D eigenvalue weighted by atomic mass is 10.2. The second-order valence-electron chi connectivity index (χ2n) is 4.59. The molecule has 3 nitrogen and oxygen atoms in total. The predicted octanol–water partition coefficient (Wildman–Crippen LogP) is 3.13. The number of hydrogen-bond donors (Lipinski definition) is 0. The van der Waals surface area contributed by atoms with Crippen molar-refractivity contribution in [2.24, 2.45) is 0 Å². The number of morpholine rings is 1. The SMILES string of the molecule is CC1CN(c2nccc3sccc23)CC(CCl)O1. The van der Waals surface area contributed by atoms with E-state index >= 15 is 0 Å². The van der Waals surface area contributed by atoms with Crippen LogP contribution in [0.15, 0.2) is 23.7 Å². The molecule has 0 amide bonds. The smallest absolute Gasteiger partial charge is 0.137 e. The summed E-state index contributed by atoms with van der Waals surface area (Å²) >= 11 is 7.67. The molecule has 0 aromatic carbocycles. The Morgan fingerprint density at radius 1 is 1.50 bits per heavy atom. The fourth-order valence-corrected chi connectivity index (χ4v) is 3.38. The van der Waals surface area contributed by atoms with Crippen LogP contribution in [0.25, 0.3) is 10.1 Å². The zero-order valence-electron chi connectivity index (χ0n) is 10.2. The largest absolute Gasteiger partial charge is 0.370 e. The van der Waals surface area contributed by atoms with Gasteiger partial charge in [0.25, 0.3) is 0 Å². The molecule has 5 heteroatoms. The first-order valence-electron chi connectivity index (χ1n) is 6.06. The monoisotopic (exact) mass is 282 g/mol. The van der Waals surface area contributed by atoms with Gasteiger partial charge in [-0.15, -0.1) is 22.9 Å². The summed E-state index contributed by atoms with van der Waals surface area (Å²) in [5.41, 5.74) is 0. The van der Waals surface area contributed by atoms with Crippen molar-refractivity contribution in [1.29, 1.82) is 0 Å². The maximum absolute atomic E-state index is 5.93. The van der Waals surface area contributed by atoms with Crippen molar-refractivity contribution in [3.05, 3.63) is 23.7 Å². The lowest BCUT2D eigenvalue weighted by Crippen LogP contribution is -2.47. The van der Waals surface area contributed by atoms with Crippen molar-refractivity contribution >= 4 is 38.8 Å². The molecule has 0 N–H and O–H groups in total. The van der Waals surface area contributed by atoms with Crippen LogP contribution in [0, 0.1) is 0 Å². The van der Waals surface area contributed by atoms with Crippen LogP contribution >= 0.6 is 22.9 Å². The maximum atomic E-state index is 5.93. The van der Waals surface area contributed by atoms with E-state index in [1.165, 1.54) is 10.1 Å². The van der Waals surface area contributed by atoms with E-state index < -0.39 is 0 Å². The normalized spacial score (nSPS) is 24.7. The van der Waals surface area contributed by atoms with E-state index in [1.54, 1.807) is 11.3 Å². The molecule has 2 aromatic heterocycles. The Bertz CT molecular complexity index is 545. The summed E-state index contributed by atoms with van der Waals surface area (Å²) in [7, 11) is 0. The molecule has 0 radical (unpaired) electrons. The number of halogens is 1. The number of pyridine rings is 1. The first-order valence-corrected chi connectivity index (χ1v) is 7.48. The highest BCUT2D eigenvalue weighted by molar-refractivity contribution is 7.17. The number of rotatable bonds is 2. The van der Waals surface area contributed by atoms with Gasteiger partial charge in [-0.1, -0.05) is 0 Å². The highest BCUT2D eigenvalue weighted by Gasteiger charge is 2.26. The summed E-state index contributed by atoms with van der Waals surface area (Å²) in [6.45, 7) is 3.77. The fraction of sp³-hybridized carbons (Fsp3) is 0.462. The lowest BCUT2D eigenvalue weighted by molar-refractivity contribution is -0.00347. The Balaban J connectivity index is 1.96. The van der Waals surface area contributed by atoms with E-state index in [4.69, 9.17) is 16.3 Å². The Morgan fingerprint density at radius 2 is 2.39 bits per heavy atom. The van der Waals surface area contributed by atoms with Crippen molar-refractivity contribution < 1.29 is 4.74 Å². The first kappa shape index (κ1) is 12.2. The molecule has 2 atom stereocenters. The van der Waals surface area contributed by atoms with Gasteiger partial charge in [0, 0.05) is 29.4 Å². The fourth-order valence-electron chi connectivity index (χ4n) is 2.44. The lowest BCUT2D eigenvalue weighted by Gasteiger charge is -2.37. The minimum Gasteiger partial charge on any atom is -0.370 e. The third kappa shape index (κ3) is 2.20. The van der Waals surface area contributed by atoms with Crippen molar-refractivity contribution in [2.45, 2.75) is 19.1 Å². The molecular formula is C13H15ClN2OS. The van der Waals surface area contributed by atoms with Crippen LogP contribution in [0.4, 0.5) is 5.82 Å². The van der Waals surface area contributed by atoms with E-state index in [-0.39, 0.29) is 12.2 Å². The second kappa shape index (κ2) is 5.03. The van der Waals surface area contributed by atoms with Crippen LogP contribution in [-0.4, -0.2) is 36.2 Å². The Kier molecular flexibility index (Phi) is 3.41. The van der Waals surface area contributed by atoms with E-state index in [0.29, 0.717) is 5.88 Å². The molecule has 1 aliphatic heterocycles. The highest BCUT2D eigenvalue weighted by Crippen LogP contribution is 2.30. The zero-order chi connectivity index (χ0) is 12.5. The average Bonchev–Trinajstić information content (AvgIpc) is 2.85. The van der Waals surface area contributed by atoms with Gasteiger partial charge in [0.15, 0.2) is 0 Å². The molecule has 0 saturated carbocycles. The Morgan fingerprint density at radius 3 is 3.22 bits per heavy atom. The summed E-state index contributed by atoms with van der Waals surface area (Å²) < 4.78 is 7.06. The van der Waals surface area contributed by atoms with E-state index in [0.717, 1.165) is 18.9 Å². The summed E-state index contributed by atoms with van der Waals surface area (Å²) in [6, 6.07) is 4.20. The Labute approximate surface area is 115 Å². The van der Waals surface area contributed by atoms with Gasteiger partial charge in [-0.2, -0.15) is 0 Å². The molecule has 18 heavy (non-hydrogen) atoms. The molecule has 1 fully saturated rings. The van der Waals surface area contributed by atoms with Crippen molar-refractivity contribution in [3.8, 4) is 0 Å². The van der Waals surface area contributed by atoms with Gasteiger partial charge in [0.1, 0.15) is 5.82 Å². The Hall–Kier alpha value is -0.840. The minimum atomic E-state index is 0.0890. The molecule has 2 aromatic rings. The third-order valence-corrected chi connectivity index (χ3v) is 4.38. The average molecular weight is 283 g/mol. The topological polar surface area (TPSA) is 25.4 Å². The van der Waals surface area contributed by atoms with Gasteiger partial charge < -0.3 is 9.64 Å². The quantitative estimate of drug-likeness (QED) is 0.792. The molecule has 1 aliphatic rings. The van der Waals surface area contributed by atoms with Crippen LogP contribution in [0.2, 0.25) is 0 Å². The van der Waals surface area contributed by atoms with Gasteiger partial charge in [-0.25, -0.2) is 4.98 Å². The number of hydrogen-bond acceptors (Lipinski definition) is 4.